The second kappa shape index (κ2) is 4.20. The highest BCUT2D eigenvalue weighted by molar-refractivity contribution is 6.30. The molecule has 1 heterocycles. The summed E-state index contributed by atoms with van der Waals surface area (Å²) in [7, 11) is 0. The number of anilines is 1. The summed E-state index contributed by atoms with van der Waals surface area (Å²) in [4.78, 5) is 0. The van der Waals surface area contributed by atoms with Gasteiger partial charge < -0.3 is 9.73 Å². The third kappa shape index (κ3) is 2.30. The van der Waals surface area contributed by atoms with Crippen LogP contribution < -0.4 is 5.32 Å². The molecular formula is C11H10ClNO. The third-order valence-electron chi connectivity index (χ3n) is 1.89. The predicted octanol–water partition coefficient (Wildman–Crippen LogP) is 3.55. The van der Waals surface area contributed by atoms with E-state index >= 15 is 0 Å². The molecule has 0 saturated carbocycles. The van der Waals surface area contributed by atoms with Crippen LogP contribution in [0.3, 0.4) is 0 Å². The predicted molar refractivity (Wildman–Crippen MR) is 57.5 cm³/mol. The topological polar surface area (TPSA) is 25.2 Å². The minimum atomic E-state index is 0.689. The van der Waals surface area contributed by atoms with Crippen molar-refractivity contribution in [2.24, 2.45) is 0 Å². The van der Waals surface area contributed by atoms with E-state index in [-0.39, 0.29) is 0 Å². The molecular weight excluding hydrogens is 198 g/mol. The second-order valence-corrected chi connectivity index (χ2v) is 3.38. The van der Waals surface area contributed by atoms with Gasteiger partial charge in [0.2, 0.25) is 0 Å². The van der Waals surface area contributed by atoms with Crippen LogP contribution in [0.4, 0.5) is 5.69 Å². The Kier molecular flexibility index (Phi) is 2.75. The Labute approximate surface area is 87.5 Å². The van der Waals surface area contributed by atoms with E-state index in [0.717, 1.165) is 16.5 Å². The Balaban J connectivity index is 1.95. The molecule has 0 unspecified atom stereocenters. The number of furan rings is 1. The minimum absolute atomic E-state index is 0.689. The lowest BCUT2D eigenvalue weighted by atomic mass is 10.3. The first-order chi connectivity index (χ1) is 6.84. The van der Waals surface area contributed by atoms with E-state index < -0.39 is 0 Å². The van der Waals surface area contributed by atoms with Gasteiger partial charge in [-0.1, -0.05) is 11.6 Å². The normalized spacial score (nSPS) is 10.1. The number of halogens is 1. The Hall–Kier alpha value is -1.41. The molecule has 1 aromatic carbocycles. The van der Waals surface area contributed by atoms with Crippen LogP contribution >= 0.6 is 11.6 Å². The minimum Gasteiger partial charge on any atom is -0.467 e. The number of hydrogen-bond acceptors (Lipinski definition) is 2. The van der Waals surface area contributed by atoms with E-state index in [9.17, 15) is 0 Å². The van der Waals surface area contributed by atoms with E-state index in [4.69, 9.17) is 16.0 Å². The SMILES string of the molecule is Clc1ccc(NCc2ccco2)cc1. The zero-order chi connectivity index (χ0) is 9.80. The van der Waals surface area contributed by atoms with E-state index in [2.05, 4.69) is 5.32 Å². The number of nitrogens with one attached hydrogen (secondary N) is 1. The molecule has 0 amide bonds. The number of rotatable bonds is 3. The molecule has 1 N–H and O–H groups in total. The van der Waals surface area contributed by atoms with Crippen molar-refractivity contribution in [2.45, 2.75) is 6.54 Å². The standard InChI is InChI=1S/C11H10ClNO/c12-9-3-5-10(6-4-9)13-8-11-2-1-7-14-11/h1-7,13H,8H2. The molecule has 1 aromatic heterocycles. The monoisotopic (exact) mass is 207 g/mol. The van der Waals surface area contributed by atoms with Gasteiger partial charge in [-0.3, -0.25) is 0 Å². The molecule has 0 atom stereocenters. The second-order valence-electron chi connectivity index (χ2n) is 2.94. The van der Waals surface area contributed by atoms with Crippen molar-refractivity contribution in [2.75, 3.05) is 5.32 Å². The highest BCUT2D eigenvalue weighted by atomic mass is 35.5. The average Bonchev–Trinajstić information content (AvgIpc) is 2.70. The van der Waals surface area contributed by atoms with Crippen LogP contribution in [0.25, 0.3) is 0 Å². The molecule has 0 saturated heterocycles. The lowest BCUT2D eigenvalue weighted by molar-refractivity contribution is 0.518. The lowest BCUT2D eigenvalue weighted by Gasteiger charge is -2.03. The molecule has 0 bridgehead atoms. The van der Waals surface area contributed by atoms with E-state index in [1.165, 1.54) is 0 Å². The van der Waals surface area contributed by atoms with Gasteiger partial charge in [-0.15, -0.1) is 0 Å². The fourth-order valence-corrected chi connectivity index (χ4v) is 1.30. The first kappa shape index (κ1) is 9.16. The van der Waals surface area contributed by atoms with Gasteiger partial charge in [0.05, 0.1) is 12.8 Å². The van der Waals surface area contributed by atoms with Crippen LogP contribution in [0, 0.1) is 0 Å². The molecule has 0 aliphatic carbocycles. The van der Waals surface area contributed by atoms with Crippen LogP contribution in [0.1, 0.15) is 5.76 Å². The fraction of sp³-hybridized carbons (Fsp3) is 0.0909. The Bertz CT molecular complexity index is 380. The lowest BCUT2D eigenvalue weighted by Crippen LogP contribution is -1.97. The summed E-state index contributed by atoms with van der Waals surface area (Å²) in [6, 6.07) is 11.4. The molecule has 2 aromatic rings. The third-order valence-corrected chi connectivity index (χ3v) is 2.14. The van der Waals surface area contributed by atoms with Gasteiger partial charge in [0.15, 0.2) is 0 Å². The molecule has 0 spiro atoms. The van der Waals surface area contributed by atoms with Crippen molar-refractivity contribution in [3.05, 3.63) is 53.4 Å². The van der Waals surface area contributed by atoms with E-state index in [1.807, 2.05) is 36.4 Å². The maximum atomic E-state index is 5.77. The quantitative estimate of drug-likeness (QED) is 0.833. The molecule has 2 nitrogen and oxygen atoms in total. The Morgan fingerprint density at radius 1 is 1.14 bits per heavy atom. The summed E-state index contributed by atoms with van der Waals surface area (Å²) in [5.41, 5.74) is 1.03. The van der Waals surface area contributed by atoms with Gasteiger partial charge in [-0.25, -0.2) is 0 Å². The van der Waals surface area contributed by atoms with Crippen LogP contribution in [0.15, 0.2) is 47.1 Å². The summed E-state index contributed by atoms with van der Waals surface area (Å²) >= 11 is 5.77. The fourth-order valence-electron chi connectivity index (χ4n) is 1.17. The molecule has 0 aliphatic heterocycles. The van der Waals surface area contributed by atoms with E-state index in [0.29, 0.717) is 6.54 Å². The van der Waals surface area contributed by atoms with Crippen molar-refractivity contribution in [3.8, 4) is 0 Å². The maximum Gasteiger partial charge on any atom is 0.122 e. The van der Waals surface area contributed by atoms with Crippen molar-refractivity contribution >= 4 is 17.3 Å². The summed E-state index contributed by atoms with van der Waals surface area (Å²) in [6.45, 7) is 0.689. The number of hydrogen-bond donors (Lipinski definition) is 1. The van der Waals surface area contributed by atoms with E-state index in [1.54, 1.807) is 6.26 Å². The summed E-state index contributed by atoms with van der Waals surface area (Å²) < 4.78 is 5.19. The number of benzene rings is 1. The molecule has 14 heavy (non-hydrogen) atoms. The smallest absolute Gasteiger partial charge is 0.122 e. The van der Waals surface area contributed by atoms with Gasteiger partial charge in [-0.2, -0.15) is 0 Å². The van der Waals surface area contributed by atoms with Gasteiger partial charge in [0.1, 0.15) is 5.76 Å². The Morgan fingerprint density at radius 3 is 2.57 bits per heavy atom. The zero-order valence-corrected chi connectivity index (χ0v) is 8.29. The van der Waals surface area contributed by atoms with Crippen molar-refractivity contribution in [3.63, 3.8) is 0 Å². The summed E-state index contributed by atoms with van der Waals surface area (Å²) in [5.74, 6) is 0.917. The molecule has 0 radical (unpaired) electrons. The van der Waals surface area contributed by atoms with Crippen LogP contribution in [0.5, 0.6) is 0 Å². The van der Waals surface area contributed by atoms with Crippen LogP contribution in [-0.4, -0.2) is 0 Å². The average molecular weight is 208 g/mol. The Morgan fingerprint density at radius 2 is 1.93 bits per heavy atom. The first-order valence-electron chi connectivity index (χ1n) is 4.36. The molecule has 72 valence electrons. The van der Waals surface area contributed by atoms with Gasteiger partial charge in [0, 0.05) is 10.7 Å². The van der Waals surface area contributed by atoms with Gasteiger partial charge >= 0.3 is 0 Å². The zero-order valence-electron chi connectivity index (χ0n) is 7.53. The highest BCUT2D eigenvalue weighted by Gasteiger charge is 1.95. The summed E-state index contributed by atoms with van der Waals surface area (Å²) in [6.07, 6.45) is 1.67. The maximum absolute atomic E-state index is 5.77. The first-order valence-corrected chi connectivity index (χ1v) is 4.74. The molecule has 0 fully saturated rings. The largest absolute Gasteiger partial charge is 0.467 e. The van der Waals surface area contributed by atoms with Gasteiger partial charge in [0.25, 0.3) is 0 Å². The molecule has 3 heteroatoms. The van der Waals surface area contributed by atoms with Gasteiger partial charge in [-0.05, 0) is 36.4 Å². The molecule has 2 rings (SSSR count). The summed E-state index contributed by atoms with van der Waals surface area (Å²) in [5, 5.41) is 3.97. The van der Waals surface area contributed by atoms with Crippen LogP contribution in [-0.2, 0) is 6.54 Å². The van der Waals surface area contributed by atoms with Crippen molar-refractivity contribution < 1.29 is 4.42 Å². The van der Waals surface area contributed by atoms with Crippen molar-refractivity contribution in [1.29, 1.82) is 0 Å². The molecule has 0 aliphatic rings. The highest BCUT2D eigenvalue weighted by Crippen LogP contribution is 2.14. The van der Waals surface area contributed by atoms with Crippen LogP contribution in [0.2, 0.25) is 5.02 Å². The van der Waals surface area contributed by atoms with Crippen molar-refractivity contribution in [1.82, 2.24) is 0 Å².